The Bertz CT molecular complexity index is 599. The number of hydrogen-bond donors (Lipinski definition) is 0. The molecule has 25 heavy (non-hydrogen) atoms. The second-order valence-corrected chi connectivity index (χ2v) is 7.82. The van der Waals surface area contributed by atoms with Crippen LogP contribution in [0.2, 0.25) is 0 Å². The minimum Gasteiger partial charge on any atom is -0.0654 e. The average molecular weight is 335 g/mol. The largest absolute Gasteiger partial charge is 0.0654 e. The van der Waals surface area contributed by atoms with Crippen molar-refractivity contribution in [1.29, 1.82) is 0 Å². The molecule has 0 heteroatoms. The first-order valence-corrected chi connectivity index (χ1v) is 10.6. The zero-order valence-corrected chi connectivity index (χ0v) is 16.0. The average Bonchev–Trinajstić information content (AvgIpc) is 3.20. The monoisotopic (exact) mass is 334 g/mol. The highest BCUT2D eigenvalue weighted by atomic mass is 14.2. The molecule has 0 N–H and O–H groups in total. The maximum absolute atomic E-state index is 2.36. The van der Waals surface area contributed by atoms with Crippen LogP contribution in [0.1, 0.15) is 88.2 Å². The van der Waals surface area contributed by atoms with Gasteiger partial charge >= 0.3 is 0 Å². The Balaban J connectivity index is 1.49. The van der Waals surface area contributed by atoms with Gasteiger partial charge in [-0.15, -0.1) is 0 Å². The van der Waals surface area contributed by atoms with E-state index in [1.807, 2.05) is 0 Å². The molecule has 3 rings (SSSR count). The van der Waals surface area contributed by atoms with Crippen molar-refractivity contribution in [3.63, 3.8) is 0 Å². The molecule has 0 saturated heterocycles. The molecule has 0 nitrogen and oxygen atoms in total. The topological polar surface area (TPSA) is 0 Å². The predicted octanol–water partition coefficient (Wildman–Crippen LogP) is 7.91. The zero-order chi connectivity index (χ0) is 17.3. The van der Waals surface area contributed by atoms with Crippen LogP contribution in [-0.2, 0) is 6.42 Å². The maximum Gasteiger partial charge on any atom is -0.0162 e. The highest BCUT2D eigenvalue weighted by Gasteiger charge is 2.16. The maximum atomic E-state index is 2.36. The van der Waals surface area contributed by atoms with Gasteiger partial charge in [-0.1, -0.05) is 100 Å². The molecule has 0 amide bonds. The van der Waals surface area contributed by atoms with Crippen molar-refractivity contribution in [3.05, 3.63) is 59.7 Å². The van der Waals surface area contributed by atoms with E-state index < -0.39 is 0 Å². The van der Waals surface area contributed by atoms with Gasteiger partial charge in [0.2, 0.25) is 0 Å². The number of aryl methyl sites for hydroxylation is 1. The molecule has 134 valence electrons. The third kappa shape index (κ3) is 5.46. The highest BCUT2D eigenvalue weighted by molar-refractivity contribution is 5.64. The number of hydrogen-bond acceptors (Lipinski definition) is 0. The van der Waals surface area contributed by atoms with E-state index in [4.69, 9.17) is 0 Å². The molecule has 1 aliphatic carbocycles. The van der Waals surface area contributed by atoms with Crippen molar-refractivity contribution < 1.29 is 0 Å². The number of rotatable bonds is 9. The van der Waals surface area contributed by atoms with Crippen molar-refractivity contribution in [2.75, 3.05) is 0 Å². The van der Waals surface area contributed by atoms with Gasteiger partial charge in [0.25, 0.3) is 0 Å². The van der Waals surface area contributed by atoms with Crippen LogP contribution in [0.4, 0.5) is 0 Å². The van der Waals surface area contributed by atoms with Crippen molar-refractivity contribution in [3.8, 4) is 11.1 Å². The van der Waals surface area contributed by atoms with Crippen LogP contribution >= 0.6 is 0 Å². The molecule has 0 atom stereocenters. The van der Waals surface area contributed by atoms with Crippen molar-refractivity contribution in [2.45, 2.75) is 83.5 Å². The summed E-state index contributed by atoms with van der Waals surface area (Å²) >= 11 is 0. The first-order valence-electron chi connectivity index (χ1n) is 10.6. The van der Waals surface area contributed by atoms with Gasteiger partial charge in [-0.3, -0.25) is 0 Å². The molecule has 2 aromatic carbocycles. The molecule has 0 aliphatic heterocycles. The summed E-state index contributed by atoms with van der Waals surface area (Å²) in [6.07, 6.45) is 15.1. The Morgan fingerprint density at radius 3 is 1.88 bits per heavy atom. The van der Waals surface area contributed by atoms with Crippen LogP contribution in [0, 0.1) is 0 Å². The van der Waals surface area contributed by atoms with Gasteiger partial charge in [0.05, 0.1) is 0 Å². The van der Waals surface area contributed by atoms with Crippen molar-refractivity contribution in [1.82, 2.24) is 0 Å². The van der Waals surface area contributed by atoms with Gasteiger partial charge < -0.3 is 0 Å². The third-order valence-electron chi connectivity index (χ3n) is 5.84. The van der Waals surface area contributed by atoms with E-state index in [-0.39, 0.29) is 0 Å². The summed E-state index contributed by atoms with van der Waals surface area (Å²) in [7, 11) is 0. The quantitative estimate of drug-likeness (QED) is 0.409. The van der Waals surface area contributed by atoms with Gasteiger partial charge in [0.1, 0.15) is 0 Å². The van der Waals surface area contributed by atoms with Gasteiger partial charge in [-0.05, 0) is 53.9 Å². The van der Waals surface area contributed by atoms with E-state index in [1.54, 1.807) is 5.56 Å². The lowest BCUT2D eigenvalue weighted by Crippen LogP contribution is -1.91. The molecule has 0 aromatic heterocycles. The number of benzene rings is 2. The van der Waals surface area contributed by atoms with Gasteiger partial charge in [-0.25, -0.2) is 0 Å². The van der Waals surface area contributed by atoms with Crippen LogP contribution in [0.25, 0.3) is 11.1 Å². The molecule has 0 heterocycles. The Kier molecular flexibility index (Phi) is 7.15. The molecular weight excluding hydrogens is 300 g/mol. The molecule has 1 fully saturated rings. The SMILES string of the molecule is CCCCCCCCc1ccc(-c2ccc(C3CCCC3)cc2)cc1. The van der Waals surface area contributed by atoms with Crippen molar-refractivity contribution in [2.24, 2.45) is 0 Å². The minimum absolute atomic E-state index is 0.814. The minimum atomic E-state index is 0.814. The van der Waals surface area contributed by atoms with E-state index in [0.29, 0.717) is 0 Å². The summed E-state index contributed by atoms with van der Waals surface area (Å²) in [4.78, 5) is 0. The standard InChI is InChI=1S/C25H34/c1-2-3-4-5-6-7-10-21-13-15-23(16-14-21)25-19-17-24(18-20-25)22-11-8-9-12-22/h13-20,22H,2-12H2,1H3. The molecule has 0 unspecified atom stereocenters. The van der Waals surface area contributed by atoms with E-state index in [2.05, 4.69) is 55.5 Å². The van der Waals surface area contributed by atoms with E-state index >= 15 is 0 Å². The normalized spacial score (nSPS) is 14.9. The van der Waals surface area contributed by atoms with Crippen LogP contribution < -0.4 is 0 Å². The fourth-order valence-corrected chi connectivity index (χ4v) is 4.18. The first-order chi connectivity index (χ1) is 12.4. The number of unbranched alkanes of at least 4 members (excludes halogenated alkanes) is 5. The highest BCUT2D eigenvalue weighted by Crippen LogP contribution is 2.34. The molecule has 2 aromatic rings. The van der Waals surface area contributed by atoms with Crippen LogP contribution in [0.15, 0.2) is 48.5 Å². The molecule has 0 radical (unpaired) electrons. The van der Waals surface area contributed by atoms with Gasteiger partial charge in [-0.2, -0.15) is 0 Å². The molecule has 0 bridgehead atoms. The fraction of sp³-hybridized carbons (Fsp3) is 0.520. The van der Waals surface area contributed by atoms with Crippen molar-refractivity contribution >= 4 is 0 Å². The Morgan fingerprint density at radius 2 is 1.24 bits per heavy atom. The second-order valence-electron chi connectivity index (χ2n) is 7.82. The Labute approximate surface area is 154 Å². The summed E-state index contributed by atoms with van der Waals surface area (Å²) in [6.45, 7) is 2.28. The lowest BCUT2D eigenvalue weighted by molar-refractivity contribution is 0.607. The first kappa shape index (κ1) is 18.2. The zero-order valence-electron chi connectivity index (χ0n) is 16.0. The lowest BCUT2D eigenvalue weighted by atomic mass is 9.94. The Morgan fingerprint density at radius 1 is 0.680 bits per heavy atom. The summed E-state index contributed by atoms with van der Waals surface area (Å²) in [5.41, 5.74) is 5.74. The fourth-order valence-electron chi connectivity index (χ4n) is 4.18. The smallest absolute Gasteiger partial charge is 0.0162 e. The Hall–Kier alpha value is -1.56. The second kappa shape index (κ2) is 9.80. The van der Waals surface area contributed by atoms with E-state index in [0.717, 1.165) is 5.92 Å². The summed E-state index contributed by atoms with van der Waals surface area (Å²) in [5, 5.41) is 0. The summed E-state index contributed by atoms with van der Waals surface area (Å²) < 4.78 is 0. The predicted molar refractivity (Wildman–Crippen MR) is 110 cm³/mol. The molecule has 1 aliphatic rings. The van der Waals surface area contributed by atoms with Gasteiger partial charge in [0.15, 0.2) is 0 Å². The van der Waals surface area contributed by atoms with E-state index in [9.17, 15) is 0 Å². The van der Waals surface area contributed by atoms with Crippen LogP contribution in [0.3, 0.4) is 0 Å². The van der Waals surface area contributed by atoms with Crippen LogP contribution in [0.5, 0.6) is 0 Å². The van der Waals surface area contributed by atoms with Gasteiger partial charge in [0, 0.05) is 0 Å². The third-order valence-corrected chi connectivity index (χ3v) is 5.84. The molecule has 0 spiro atoms. The lowest BCUT2D eigenvalue weighted by Gasteiger charge is -2.11. The molecular formula is C25H34. The summed E-state index contributed by atoms with van der Waals surface area (Å²) in [5.74, 6) is 0.814. The van der Waals surface area contributed by atoms with Crippen LogP contribution in [-0.4, -0.2) is 0 Å². The van der Waals surface area contributed by atoms with E-state index in [1.165, 1.54) is 87.3 Å². The molecule has 1 saturated carbocycles. The summed E-state index contributed by atoms with van der Waals surface area (Å²) in [6, 6.07) is 18.6.